The molecule has 2 fully saturated rings. The Morgan fingerprint density at radius 1 is 0.782 bits per heavy atom. The molecule has 1 aromatic heterocycles. The van der Waals surface area contributed by atoms with E-state index >= 15 is 0 Å². The highest BCUT2D eigenvalue weighted by molar-refractivity contribution is 6.07. The second-order valence-electron chi connectivity index (χ2n) is 13.4. The number of aliphatic carboxylic acids is 3. The normalized spacial score (nSPS) is 18.1. The summed E-state index contributed by atoms with van der Waals surface area (Å²) in [5.41, 5.74) is 0.870. The molecule has 19 heteroatoms. The largest absolute Gasteiger partial charge is 0.494 e. The Hall–Kier alpha value is -5.42. The number of amides is 3. The van der Waals surface area contributed by atoms with Gasteiger partial charge in [0.1, 0.15) is 11.8 Å². The Kier molecular flexibility index (Phi) is 16.5. The monoisotopic (exact) mass is 767 g/mol. The van der Waals surface area contributed by atoms with Crippen molar-refractivity contribution in [1.82, 2.24) is 40.1 Å². The maximum Gasteiger partial charge on any atom is 0.317 e. The SMILES string of the molecule is N#C[C@@H]1CCCN1C(=O)CNC(=O)c1ccnc2ccc(OCCCNC(=O)CN3CCN(CC(=O)O)CCN(CC(=O)O)CCN(CC(=O)O)CC3)cc12. The van der Waals surface area contributed by atoms with Crippen LogP contribution in [0.2, 0.25) is 0 Å². The van der Waals surface area contributed by atoms with Crippen LogP contribution in [-0.2, 0) is 24.0 Å². The maximum atomic E-state index is 13.1. The van der Waals surface area contributed by atoms with Crippen LogP contribution in [0.5, 0.6) is 5.75 Å². The Morgan fingerprint density at radius 3 is 1.89 bits per heavy atom. The molecule has 298 valence electrons. The number of pyridine rings is 1. The number of nitriles is 1. The second kappa shape index (κ2) is 21.5. The molecule has 0 unspecified atom stereocenters. The molecule has 0 radical (unpaired) electrons. The van der Waals surface area contributed by atoms with E-state index < -0.39 is 29.9 Å². The quantitative estimate of drug-likeness (QED) is 0.126. The average Bonchev–Trinajstić information content (AvgIpc) is 3.63. The molecule has 1 atom stereocenters. The van der Waals surface area contributed by atoms with E-state index in [4.69, 9.17) is 4.74 Å². The van der Waals surface area contributed by atoms with Crippen LogP contribution in [-0.4, -0.2) is 191 Å². The first-order chi connectivity index (χ1) is 26.4. The number of carboxylic acids is 3. The van der Waals surface area contributed by atoms with Gasteiger partial charge in [0.2, 0.25) is 11.8 Å². The van der Waals surface area contributed by atoms with Gasteiger partial charge in [-0.05, 0) is 43.5 Å². The van der Waals surface area contributed by atoms with Crippen molar-refractivity contribution < 1.29 is 48.8 Å². The molecule has 0 bridgehead atoms. The fourth-order valence-electron chi connectivity index (χ4n) is 6.50. The second-order valence-corrected chi connectivity index (χ2v) is 13.4. The molecule has 2 aliphatic heterocycles. The molecule has 0 saturated carbocycles. The van der Waals surface area contributed by atoms with Crippen molar-refractivity contribution in [1.29, 1.82) is 5.26 Å². The lowest BCUT2D eigenvalue weighted by molar-refractivity contribution is -0.140. The molecule has 5 N–H and O–H groups in total. The number of ether oxygens (including phenoxy) is 1. The van der Waals surface area contributed by atoms with E-state index in [2.05, 4.69) is 21.7 Å². The summed E-state index contributed by atoms with van der Waals surface area (Å²) in [6.07, 6.45) is 3.32. The molecule has 3 amide bonds. The summed E-state index contributed by atoms with van der Waals surface area (Å²) in [7, 11) is 0. The minimum absolute atomic E-state index is 0.00112. The average molecular weight is 768 g/mol. The van der Waals surface area contributed by atoms with Gasteiger partial charge in [-0.3, -0.25) is 53.4 Å². The number of aromatic nitrogens is 1. The van der Waals surface area contributed by atoms with Crippen LogP contribution in [0, 0.1) is 11.3 Å². The van der Waals surface area contributed by atoms with Gasteiger partial charge in [-0.25, -0.2) is 0 Å². The lowest BCUT2D eigenvalue weighted by atomic mass is 10.1. The fourth-order valence-corrected chi connectivity index (χ4v) is 6.50. The Labute approximate surface area is 318 Å². The summed E-state index contributed by atoms with van der Waals surface area (Å²) < 4.78 is 5.91. The van der Waals surface area contributed by atoms with Gasteiger partial charge in [0.05, 0.1) is 56.5 Å². The number of carbonyl (C=O) groups excluding carboxylic acids is 3. The van der Waals surface area contributed by atoms with Crippen molar-refractivity contribution >= 4 is 46.5 Å². The summed E-state index contributed by atoms with van der Waals surface area (Å²) in [5.74, 6) is -3.66. The van der Waals surface area contributed by atoms with Crippen LogP contribution in [0.4, 0.5) is 0 Å². The molecule has 0 aliphatic carbocycles. The number of nitrogens with one attached hydrogen (secondary N) is 2. The van der Waals surface area contributed by atoms with E-state index in [1.807, 2.05) is 4.90 Å². The van der Waals surface area contributed by atoms with E-state index in [0.717, 1.165) is 6.42 Å². The number of carboxylic acid groups (broad SMARTS) is 3. The number of rotatable bonds is 16. The Bertz CT molecular complexity index is 1690. The Balaban J connectivity index is 1.27. The first-order valence-electron chi connectivity index (χ1n) is 18.2. The first kappa shape index (κ1) is 42.3. The van der Waals surface area contributed by atoms with Crippen molar-refractivity contribution in [2.24, 2.45) is 0 Å². The van der Waals surface area contributed by atoms with E-state index in [1.165, 1.54) is 11.1 Å². The number of carbonyl (C=O) groups is 6. The minimum atomic E-state index is -1.03. The molecule has 2 aromatic rings. The lowest BCUT2D eigenvalue weighted by Gasteiger charge is -2.32. The minimum Gasteiger partial charge on any atom is -0.494 e. The Morgan fingerprint density at radius 2 is 1.35 bits per heavy atom. The third-order valence-corrected chi connectivity index (χ3v) is 9.37. The van der Waals surface area contributed by atoms with Gasteiger partial charge in [0.15, 0.2) is 0 Å². The summed E-state index contributed by atoms with van der Waals surface area (Å²) in [6.45, 7) is 2.42. The van der Waals surface area contributed by atoms with E-state index in [1.54, 1.807) is 39.0 Å². The lowest BCUT2D eigenvalue weighted by Crippen LogP contribution is -2.49. The molecular formula is C36H49N9O10. The molecule has 3 heterocycles. The van der Waals surface area contributed by atoms with Gasteiger partial charge < -0.3 is 35.6 Å². The molecule has 2 saturated heterocycles. The summed E-state index contributed by atoms with van der Waals surface area (Å²) in [6, 6.07) is 8.31. The third kappa shape index (κ3) is 14.1. The summed E-state index contributed by atoms with van der Waals surface area (Å²) in [5, 5.41) is 43.5. The number of fused-ring (bicyclic) bond motifs is 1. The van der Waals surface area contributed by atoms with Crippen LogP contribution in [0.15, 0.2) is 30.5 Å². The topological polar surface area (TPSA) is 249 Å². The van der Waals surface area contributed by atoms with E-state index in [0.29, 0.717) is 74.3 Å². The van der Waals surface area contributed by atoms with Gasteiger partial charge in [-0.1, -0.05) is 0 Å². The zero-order chi connectivity index (χ0) is 39.7. The number of hydrogen-bond acceptors (Lipinski definition) is 13. The number of benzene rings is 1. The zero-order valence-electron chi connectivity index (χ0n) is 30.7. The summed E-state index contributed by atoms with van der Waals surface area (Å²) >= 11 is 0. The van der Waals surface area contributed by atoms with Crippen molar-refractivity contribution in [2.45, 2.75) is 25.3 Å². The highest BCUT2D eigenvalue weighted by atomic mass is 16.5. The van der Waals surface area contributed by atoms with Crippen LogP contribution in [0.3, 0.4) is 0 Å². The standard InChI is InChI=1S/C36H49N9O10/c37-20-26-3-1-9-45(26)32(47)21-40-36(54)28-6-8-38-30-5-4-27(19-29(28)30)55-18-2-7-39-31(46)22-41-10-12-42(23-33(48)49)14-16-44(25-35(52)53)17-15-43(13-11-41)24-34(50)51/h4-6,8,19,26H,1-3,7,9-18,21-25H2,(H,39,46)(H,40,54)(H,48,49)(H,50,51)(H,52,53)/t26-/m0/s1. The predicted molar refractivity (Wildman–Crippen MR) is 196 cm³/mol. The molecule has 4 rings (SSSR count). The molecule has 2 aliphatic rings. The van der Waals surface area contributed by atoms with Crippen molar-refractivity contribution in [3.05, 3.63) is 36.0 Å². The van der Waals surface area contributed by atoms with E-state index in [-0.39, 0.29) is 77.3 Å². The molecule has 55 heavy (non-hydrogen) atoms. The van der Waals surface area contributed by atoms with Crippen LogP contribution in [0.1, 0.15) is 29.6 Å². The van der Waals surface area contributed by atoms with Gasteiger partial charge >= 0.3 is 17.9 Å². The third-order valence-electron chi connectivity index (χ3n) is 9.37. The maximum absolute atomic E-state index is 13.1. The predicted octanol–water partition coefficient (Wildman–Crippen LogP) is -1.16. The summed E-state index contributed by atoms with van der Waals surface area (Å²) in [4.78, 5) is 85.8. The van der Waals surface area contributed by atoms with Gasteiger partial charge in [-0.2, -0.15) is 5.26 Å². The molecule has 1 aromatic carbocycles. The highest BCUT2D eigenvalue weighted by Crippen LogP contribution is 2.23. The smallest absolute Gasteiger partial charge is 0.317 e. The molecule has 19 nitrogen and oxygen atoms in total. The van der Waals surface area contributed by atoms with Crippen LogP contribution < -0.4 is 15.4 Å². The van der Waals surface area contributed by atoms with Gasteiger partial charge in [-0.15, -0.1) is 0 Å². The van der Waals surface area contributed by atoms with Crippen LogP contribution in [0.25, 0.3) is 10.9 Å². The van der Waals surface area contributed by atoms with Gasteiger partial charge in [0.25, 0.3) is 5.91 Å². The number of nitrogens with zero attached hydrogens (tertiary/aromatic N) is 7. The molecular weight excluding hydrogens is 718 g/mol. The highest BCUT2D eigenvalue weighted by Gasteiger charge is 2.28. The van der Waals surface area contributed by atoms with Crippen molar-refractivity contribution in [3.8, 4) is 11.8 Å². The number of hydrogen-bond donors (Lipinski definition) is 5. The molecule has 0 spiro atoms. The first-order valence-corrected chi connectivity index (χ1v) is 18.2. The fraction of sp³-hybridized carbons (Fsp3) is 0.556. The van der Waals surface area contributed by atoms with Gasteiger partial charge in [0, 0.05) is 77.0 Å². The van der Waals surface area contributed by atoms with E-state index in [9.17, 15) is 49.3 Å². The number of likely N-dealkylation sites (tertiary alicyclic amines) is 1. The zero-order valence-corrected chi connectivity index (χ0v) is 30.7. The van der Waals surface area contributed by atoms with Crippen molar-refractivity contribution in [2.75, 3.05) is 105 Å². The van der Waals surface area contributed by atoms with Crippen molar-refractivity contribution in [3.63, 3.8) is 0 Å². The van der Waals surface area contributed by atoms with Crippen LogP contribution >= 0.6 is 0 Å².